The molecule has 0 aliphatic rings. The Hall–Kier alpha value is -3.22. The lowest BCUT2D eigenvalue weighted by Gasteiger charge is -2.14. The van der Waals surface area contributed by atoms with E-state index in [1.165, 1.54) is 19.1 Å². The molecule has 164 valence electrons. The smallest absolute Gasteiger partial charge is 0.417 e. The van der Waals surface area contributed by atoms with Gasteiger partial charge in [0.15, 0.2) is 0 Å². The minimum absolute atomic E-state index is 0.0800. The maximum Gasteiger partial charge on any atom is 0.417 e. The number of halogens is 3. The predicted octanol–water partition coefficient (Wildman–Crippen LogP) is 6.92. The summed E-state index contributed by atoms with van der Waals surface area (Å²) in [5, 5.41) is 0.753. The largest absolute Gasteiger partial charge is 0.457 e. The van der Waals surface area contributed by atoms with Crippen LogP contribution in [-0.2, 0) is 22.1 Å². The second-order valence-corrected chi connectivity index (χ2v) is 7.27. The molecule has 7 heteroatoms. The van der Waals surface area contributed by atoms with E-state index < -0.39 is 24.5 Å². The summed E-state index contributed by atoms with van der Waals surface area (Å²) >= 11 is 0. The molecule has 0 N–H and O–H groups in total. The molecule has 0 saturated heterocycles. The molecular formula is C24H23F3O4. The van der Waals surface area contributed by atoms with Gasteiger partial charge in [0, 0.05) is 16.5 Å². The number of aryl methyl sites for hydroxylation is 1. The maximum atomic E-state index is 13.7. The molecule has 0 aliphatic carbocycles. The number of benzene rings is 2. The van der Waals surface area contributed by atoms with E-state index in [1.54, 1.807) is 12.1 Å². The summed E-state index contributed by atoms with van der Waals surface area (Å²) < 4.78 is 56.8. The molecule has 0 amide bonds. The zero-order valence-corrected chi connectivity index (χ0v) is 17.3. The molecular weight excluding hydrogens is 409 g/mol. The summed E-state index contributed by atoms with van der Waals surface area (Å²) in [5.74, 6) is -0.646. The number of rotatable bonds is 8. The normalized spacial score (nSPS) is 11.5. The molecule has 1 aromatic heterocycles. The van der Waals surface area contributed by atoms with Crippen molar-refractivity contribution in [2.45, 2.75) is 39.3 Å². The number of unbranched alkanes of at least 4 members (excludes halogenated alkanes) is 1. The third-order valence-electron chi connectivity index (χ3n) is 4.73. The Morgan fingerprint density at radius 1 is 1.13 bits per heavy atom. The van der Waals surface area contributed by atoms with Crippen molar-refractivity contribution in [2.24, 2.45) is 0 Å². The second-order valence-electron chi connectivity index (χ2n) is 7.27. The Morgan fingerprint density at radius 2 is 1.90 bits per heavy atom. The van der Waals surface area contributed by atoms with Crippen LogP contribution in [0.5, 0.6) is 5.75 Å². The van der Waals surface area contributed by atoms with Gasteiger partial charge in [-0.3, -0.25) is 0 Å². The molecule has 3 rings (SSSR count). The summed E-state index contributed by atoms with van der Waals surface area (Å²) in [6.07, 6.45) is -1.63. The molecule has 2 aromatic carbocycles. The van der Waals surface area contributed by atoms with Gasteiger partial charge < -0.3 is 13.9 Å². The minimum atomic E-state index is -4.63. The summed E-state index contributed by atoms with van der Waals surface area (Å²) in [7, 11) is 0. The number of fused-ring (bicyclic) bond motifs is 1. The molecule has 0 bridgehead atoms. The quantitative estimate of drug-likeness (QED) is 0.220. The van der Waals surface area contributed by atoms with Gasteiger partial charge in [-0.2, -0.15) is 13.2 Å². The van der Waals surface area contributed by atoms with Crippen molar-refractivity contribution in [1.29, 1.82) is 0 Å². The van der Waals surface area contributed by atoms with Gasteiger partial charge in [0.25, 0.3) is 0 Å². The van der Waals surface area contributed by atoms with E-state index >= 15 is 0 Å². The van der Waals surface area contributed by atoms with Crippen LogP contribution in [0.2, 0.25) is 0 Å². The lowest BCUT2D eigenvalue weighted by atomic mass is 10.0. The van der Waals surface area contributed by atoms with E-state index in [0.717, 1.165) is 36.3 Å². The second kappa shape index (κ2) is 9.29. The van der Waals surface area contributed by atoms with Gasteiger partial charge >= 0.3 is 12.1 Å². The molecule has 1 heterocycles. The van der Waals surface area contributed by atoms with Crippen LogP contribution in [0.4, 0.5) is 13.2 Å². The van der Waals surface area contributed by atoms with Gasteiger partial charge in [0.1, 0.15) is 17.1 Å². The van der Waals surface area contributed by atoms with Crippen molar-refractivity contribution in [3.63, 3.8) is 0 Å². The number of ether oxygens (including phenoxy) is 2. The van der Waals surface area contributed by atoms with Crippen LogP contribution in [0.1, 0.15) is 37.8 Å². The van der Waals surface area contributed by atoms with E-state index in [4.69, 9.17) is 13.9 Å². The number of hydrogen-bond donors (Lipinski definition) is 0. The van der Waals surface area contributed by atoms with Crippen LogP contribution in [0.3, 0.4) is 0 Å². The first kappa shape index (κ1) is 22.5. The van der Waals surface area contributed by atoms with E-state index in [0.29, 0.717) is 5.58 Å². The number of carbonyl (C=O) groups is 1. The van der Waals surface area contributed by atoms with Crippen molar-refractivity contribution in [2.75, 3.05) is 6.79 Å². The van der Waals surface area contributed by atoms with Crippen LogP contribution in [-0.4, -0.2) is 12.8 Å². The van der Waals surface area contributed by atoms with Crippen molar-refractivity contribution in [3.8, 4) is 17.1 Å². The van der Waals surface area contributed by atoms with Crippen LogP contribution in [0.25, 0.3) is 22.3 Å². The molecule has 31 heavy (non-hydrogen) atoms. The predicted molar refractivity (Wildman–Crippen MR) is 112 cm³/mol. The summed E-state index contributed by atoms with van der Waals surface area (Å²) in [6, 6.07) is 10.8. The molecule has 0 saturated carbocycles. The Kier molecular flexibility index (Phi) is 6.73. The lowest BCUT2D eigenvalue weighted by Crippen LogP contribution is -2.12. The van der Waals surface area contributed by atoms with Crippen molar-refractivity contribution < 1.29 is 31.9 Å². The highest BCUT2D eigenvalue weighted by Crippen LogP contribution is 2.40. The van der Waals surface area contributed by atoms with E-state index in [2.05, 4.69) is 13.5 Å². The molecule has 0 fully saturated rings. The van der Waals surface area contributed by atoms with Gasteiger partial charge in [-0.1, -0.05) is 26.0 Å². The van der Waals surface area contributed by atoms with E-state index in [1.807, 2.05) is 12.1 Å². The highest BCUT2D eigenvalue weighted by molar-refractivity contribution is 5.87. The fourth-order valence-electron chi connectivity index (χ4n) is 3.10. The number of hydrogen-bond acceptors (Lipinski definition) is 4. The first-order valence-electron chi connectivity index (χ1n) is 9.88. The Labute approximate surface area is 178 Å². The fraction of sp³-hybridized carbons (Fsp3) is 0.292. The summed E-state index contributed by atoms with van der Waals surface area (Å²) in [4.78, 5) is 11.4. The molecule has 3 aromatic rings. The zero-order valence-electron chi connectivity index (χ0n) is 17.3. The molecule has 4 nitrogen and oxygen atoms in total. The van der Waals surface area contributed by atoms with Crippen molar-refractivity contribution in [3.05, 3.63) is 65.7 Å². The number of furan rings is 1. The number of esters is 1. The van der Waals surface area contributed by atoms with Crippen LogP contribution in [0.15, 0.2) is 59.0 Å². The molecule has 0 unspecified atom stereocenters. The number of alkyl halides is 3. The molecule has 0 aliphatic heterocycles. The fourth-order valence-corrected chi connectivity index (χ4v) is 3.10. The zero-order chi connectivity index (χ0) is 22.6. The van der Waals surface area contributed by atoms with Crippen LogP contribution in [0, 0.1) is 0 Å². The molecule has 0 atom stereocenters. The topological polar surface area (TPSA) is 48.7 Å². The van der Waals surface area contributed by atoms with E-state index in [-0.39, 0.29) is 22.6 Å². The van der Waals surface area contributed by atoms with Crippen molar-refractivity contribution >= 4 is 16.9 Å². The third kappa shape index (κ3) is 5.48. The lowest BCUT2D eigenvalue weighted by molar-refractivity contribution is -0.145. The standard InChI is InChI=1S/C24H23F3O4/c1-4-5-6-16-7-10-21-17(11-16)12-22(31-21)19-9-8-18(13-20(19)24(25,26)27)29-14-30-23(28)15(2)3/h7-13H,2,4-6,14H2,1,3H3. The van der Waals surface area contributed by atoms with Gasteiger partial charge in [-0.05, 0) is 61.7 Å². The van der Waals surface area contributed by atoms with Gasteiger partial charge in [-0.25, -0.2) is 4.79 Å². The highest BCUT2D eigenvalue weighted by Gasteiger charge is 2.35. The molecule has 0 spiro atoms. The van der Waals surface area contributed by atoms with Gasteiger partial charge in [0.2, 0.25) is 6.79 Å². The SMILES string of the molecule is C=C(C)C(=O)OCOc1ccc(-c2cc3cc(CCCC)ccc3o2)c(C(F)(F)F)c1. The number of carbonyl (C=O) groups excluding carboxylic acids is 1. The maximum absolute atomic E-state index is 13.7. The van der Waals surface area contributed by atoms with Crippen LogP contribution < -0.4 is 4.74 Å². The van der Waals surface area contributed by atoms with Gasteiger partial charge in [0.05, 0.1) is 5.56 Å². The Balaban J connectivity index is 1.89. The minimum Gasteiger partial charge on any atom is -0.457 e. The van der Waals surface area contributed by atoms with Crippen molar-refractivity contribution in [1.82, 2.24) is 0 Å². The summed E-state index contributed by atoms with van der Waals surface area (Å²) in [6.45, 7) is 6.46. The Morgan fingerprint density at radius 3 is 2.58 bits per heavy atom. The third-order valence-corrected chi connectivity index (χ3v) is 4.73. The first-order valence-corrected chi connectivity index (χ1v) is 9.88. The Bertz CT molecular complexity index is 1100. The monoisotopic (exact) mass is 432 g/mol. The highest BCUT2D eigenvalue weighted by atomic mass is 19.4. The average molecular weight is 432 g/mol. The summed E-state index contributed by atoms with van der Waals surface area (Å²) in [5.41, 5.74) is 0.811. The average Bonchev–Trinajstić information content (AvgIpc) is 3.14. The van der Waals surface area contributed by atoms with Crippen LogP contribution >= 0.6 is 0 Å². The van der Waals surface area contributed by atoms with E-state index in [9.17, 15) is 18.0 Å². The van der Waals surface area contributed by atoms with Gasteiger partial charge in [-0.15, -0.1) is 0 Å². The molecule has 0 radical (unpaired) electrons. The first-order chi connectivity index (χ1) is 14.7.